The Morgan fingerprint density at radius 3 is 2.53 bits per heavy atom. The summed E-state index contributed by atoms with van der Waals surface area (Å²) in [7, 11) is -3.20. The Kier molecular flexibility index (Phi) is 6.11. The van der Waals surface area contributed by atoms with E-state index in [4.69, 9.17) is 10.1 Å². The number of fused-ring (bicyclic) bond motifs is 1. The van der Waals surface area contributed by atoms with Crippen LogP contribution in [0.4, 0.5) is 10.2 Å². The van der Waals surface area contributed by atoms with Gasteiger partial charge in [-0.25, -0.2) is 27.3 Å². The fourth-order valence-electron chi connectivity index (χ4n) is 4.98. The molecule has 0 amide bonds. The number of benzene rings is 1. The SMILES string of the molecule is CS(=O)(=O)Cc1cccc(-c2cccc(-c3cnc4ccc(N5CCC[C@@H]5c5cccc(F)c5)nn34)n2)n1. The molecule has 6 rings (SSSR count). The van der Waals surface area contributed by atoms with Gasteiger partial charge >= 0.3 is 0 Å². The van der Waals surface area contributed by atoms with Crippen molar-refractivity contribution in [2.24, 2.45) is 0 Å². The van der Waals surface area contributed by atoms with Crippen LogP contribution in [-0.4, -0.2) is 45.8 Å². The summed E-state index contributed by atoms with van der Waals surface area (Å²) in [6.07, 6.45) is 4.84. The lowest BCUT2D eigenvalue weighted by Gasteiger charge is -2.26. The fraction of sp³-hybridized carbons (Fsp3) is 0.214. The summed E-state index contributed by atoms with van der Waals surface area (Å²) in [5.41, 5.74) is 4.69. The van der Waals surface area contributed by atoms with Crippen molar-refractivity contribution in [3.05, 3.63) is 96.1 Å². The first-order valence-electron chi connectivity index (χ1n) is 12.3. The lowest BCUT2D eigenvalue weighted by atomic mass is 10.0. The first-order valence-corrected chi connectivity index (χ1v) is 14.4. The molecule has 5 aromatic rings. The van der Waals surface area contributed by atoms with E-state index in [0.29, 0.717) is 28.4 Å². The van der Waals surface area contributed by atoms with Gasteiger partial charge in [0.25, 0.3) is 0 Å². The molecule has 1 fully saturated rings. The maximum atomic E-state index is 13.9. The maximum Gasteiger partial charge on any atom is 0.154 e. The van der Waals surface area contributed by atoms with Gasteiger partial charge in [-0.2, -0.15) is 0 Å². The van der Waals surface area contributed by atoms with Crippen molar-refractivity contribution in [2.45, 2.75) is 24.6 Å². The number of aromatic nitrogens is 5. The van der Waals surface area contributed by atoms with Gasteiger partial charge in [-0.1, -0.05) is 24.3 Å². The molecule has 0 radical (unpaired) electrons. The quantitative estimate of drug-likeness (QED) is 0.310. The second-order valence-electron chi connectivity index (χ2n) is 9.50. The molecule has 0 N–H and O–H groups in total. The van der Waals surface area contributed by atoms with Crippen molar-refractivity contribution in [1.29, 1.82) is 0 Å². The van der Waals surface area contributed by atoms with Crippen molar-refractivity contribution in [3.63, 3.8) is 0 Å². The van der Waals surface area contributed by atoms with Crippen LogP contribution in [-0.2, 0) is 15.6 Å². The van der Waals surface area contributed by atoms with Crippen LogP contribution >= 0.6 is 0 Å². The van der Waals surface area contributed by atoms with Crippen LogP contribution < -0.4 is 4.90 Å². The molecule has 4 aromatic heterocycles. The summed E-state index contributed by atoms with van der Waals surface area (Å²) in [6, 6.07) is 21.6. The number of imidazole rings is 1. The predicted octanol–water partition coefficient (Wildman–Crippen LogP) is 4.88. The fourth-order valence-corrected chi connectivity index (χ4v) is 5.68. The molecular weight excluding hydrogens is 503 g/mol. The van der Waals surface area contributed by atoms with E-state index in [9.17, 15) is 12.8 Å². The molecule has 1 aliphatic rings. The Labute approximate surface area is 219 Å². The van der Waals surface area contributed by atoms with E-state index in [-0.39, 0.29) is 17.6 Å². The summed E-state index contributed by atoms with van der Waals surface area (Å²) in [4.78, 5) is 16.0. The van der Waals surface area contributed by atoms with Gasteiger partial charge in [-0.3, -0.25) is 4.98 Å². The van der Waals surface area contributed by atoms with Gasteiger partial charge in [0.05, 0.1) is 40.8 Å². The van der Waals surface area contributed by atoms with Crippen LogP contribution in [0.5, 0.6) is 0 Å². The van der Waals surface area contributed by atoms with E-state index in [1.165, 1.54) is 12.3 Å². The summed E-state index contributed by atoms with van der Waals surface area (Å²) < 4.78 is 39.2. The van der Waals surface area contributed by atoms with Crippen molar-refractivity contribution >= 4 is 21.3 Å². The second-order valence-corrected chi connectivity index (χ2v) is 11.6. The highest BCUT2D eigenvalue weighted by Gasteiger charge is 2.28. The molecule has 1 aromatic carbocycles. The Morgan fingerprint density at radius 2 is 1.71 bits per heavy atom. The van der Waals surface area contributed by atoms with E-state index >= 15 is 0 Å². The van der Waals surface area contributed by atoms with Gasteiger partial charge in [0.1, 0.15) is 17.3 Å². The standard InChI is InChI=1S/C28H25FN6O2S/c1-38(36,37)18-21-8-3-9-22(31-21)23-10-4-11-24(32-23)26-17-30-27-13-14-28(33-35(26)27)34-15-5-12-25(34)19-6-2-7-20(29)16-19/h2-4,6-11,13-14,16-17,25H,5,12,15,18H2,1H3/t25-/m1/s1. The third kappa shape index (κ3) is 4.87. The van der Waals surface area contributed by atoms with Crippen LogP contribution in [0.2, 0.25) is 0 Å². The van der Waals surface area contributed by atoms with Gasteiger partial charge in [0, 0.05) is 12.8 Å². The third-order valence-electron chi connectivity index (χ3n) is 6.62. The van der Waals surface area contributed by atoms with Crippen LogP contribution in [0.25, 0.3) is 28.4 Å². The number of hydrogen-bond acceptors (Lipinski definition) is 7. The Hall–Kier alpha value is -4.18. The number of pyridine rings is 2. The third-order valence-corrected chi connectivity index (χ3v) is 7.44. The Balaban J connectivity index is 1.35. The molecule has 0 unspecified atom stereocenters. The molecule has 8 nitrogen and oxygen atoms in total. The summed E-state index contributed by atoms with van der Waals surface area (Å²) in [5.74, 6) is 0.417. The van der Waals surface area contributed by atoms with Crippen molar-refractivity contribution < 1.29 is 12.8 Å². The number of sulfone groups is 1. The van der Waals surface area contributed by atoms with Crippen LogP contribution in [0, 0.1) is 5.82 Å². The zero-order valence-electron chi connectivity index (χ0n) is 20.7. The highest BCUT2D eigenvalue weighted by Crippen LogP contribution is 2.35. The van der Waals surface area contributed by atoms with Crippen LogP contribution in [0.15, 0.2) is 79.0 Å². The van der Waals surface area contributed by atoms with Gasteiger partial charge < -0.3 is 4.90 Å². The number of nitrogens with zero attached hydrogens (tertiary/aromatic N) is 6. The first kappa shape index (κ1) is 24.2. The van der Waals surface area contributed by atoms with E-state index in [2.05, 4.69) is 14.9 Å². The topological polar surface area (TPSA) is 93.4 Å². The normalized spacial score (nSPS) is 15.8. The summed E-state index contributed by atoms with van der Waals surface area (Å²) in [6.45, 7) is 0.826. The molecule has 10 heteroatoms. The molecular formula is C28H25FN6O2S. The minimum atomic E-state index is -3.20. The molecule has 192 valence electrons. The summed E-state index contributed by atoms with van der Waals surface area (Å²) in [5, 5.41) is 4.91. The number of hydrogen-bond donors (Lipinski definition) is 0. The smallest absolute Gasteiger partial charge is 0.154 e. The number of rotatable bonds is 6. The molecule has 1 aliphatic heterocycles. The van der Waals surface area contributed by atoms with Crippen LogP contribution in [0.1, 0.15) is 30.1 Å². The molecule has 0 spiro atoms. The van der Waals surface area contributed by atoms with E-state index in [1.54, 1.807) is 35.0 Å². The predicted molar refractivity (Wildman–Crippen MR) is 144 cm³/mol. The average molecular weight is 529 g/mol. The molecule has 0 saturated carbocycles. The first-order chi connectivity index (χ1) is 18.3. The monoisotopic (exact) mass is 528 g/mol. The maximum absolute atomic E-state index is 13.9. The molecule has 38 heavy (non-hydrogen) atoms. The zero-order chi connectivity index (χ0) is 26.3. The van der Waals surface area contributed by atoms with Crippen LogP contribution in [0.3, 0.4) is 0 Å². The number of anilines is 1. The lowest BCUT2D eigenvalue weighted by molar-refractivity contribution is 0.600. The van der Waals surface area contributed by atoms with Crippen molar-refractivity contribution in [2.75, 3.05) is 17.7 Å². The Morgan fingerprint density at radius 1 is 0.947 bits per heavy atom. The average Bonchev–Trinajstić information content (AvgIpc) is 3.55. The Bertz CT molecular complexity index is 1750. The van der Waals surface area contributed by atoms with Gasteiger partial charge in [-0.15, -0.1) is 5.10 Å². The van der Waals surface area contributed by atoms with E-state index in [1.807, 2.05) is 42.5 Å². The second kappa shape index (κ2) is 9.60. The largest absolute Gasteiger partial charge is 0.348 e. The van der Waals surface area contributed by atoms with Gasteiger partial charge in [-0.05, 0) is 66.9 Å². The lowest BCUT2D eigenvalue weighted by Crippen LogP contribution is -2.24. The summed E-state index contributed by atoms with van der Waals surface area (Å²) >= 11 is 0. The molecule has 1 saturated heterocycles. The van der Waals surface area contributed by atoms with E-state index < -0.39 is 9.84 Å². The van der Waals surface area contributed by atoms with Gasteiger partial charge in [0.2, 0.25) is 0 Å². The van der Waals surface area contributed by atoms with E-state index in [0.717, 1.165) is 36.5 Å². The minimum absolute atomic E-state index is 0.0503. The molecule has 1 atom stereocenters. The van der Waals surface area contributed by atoms with Crippen molar-refractivity contribution in [3.8, 4) is 22.8 Å². The van der Waals surface area contributed by atoms with Gasteiger partial charge in [0.15, 0.2) is 15.5 Å². The highest BCUT2D eigenvalue weighted by molar-refractivity contribution is 7.89. The molecule has 5 heterocycles. The zero-order valence-corrected chi connectivity index (χ0v) is 21.5. The minimum Gasteiger partial charge on any atom is -0.348 e. The number of halogens is 1. The molecule has 0 bridgehead atoms. The molecule has 0 aliphatic carbocycles. The highest BCUT2D eigenvalue weighted by atomic mass is 32.2. The van der Waals surface area contributed by atoms with Crippen molar-refractivity contribution in [1.82, 2.24) is 24.6 Å².